The Morgan fingerprint density at radius 2 is 2.10 bits per heavy atom. The van der Waals surface area contributed by atoms with Crippen LogP contribution >= 0.6 is 23.4 Å². The van der Waals surface area contributed by atoms with E-state index in [4.69, 9.17) is 11.6 Å². The van der Waals surface area contributed by atoms with Crippen LogP contribution in [0.2, 0.25) is 5.02 Å². The van der Waals surface area contributed by atoms with Crippen LogP contribution in [0.25, 0.3) is 0 Å². The third kappa shape index (κ3) is 3.17. The van der Waals surface area contributed by atoms with E-state index in [0.717, 1.165) is 10.6 Å². The maximum absolute atomic E-state index is 12.5. The predicted octanol–water partition coefficient (Wildman–Crippen LogP) is 4.87. The second-order valence-corrected chi connectivity index (χ2v) is 6.86. The molecule has 1 atom stereocenters. The molecule has 1 aliphatic heterocycles. The van der Waals surface area contributed by atoms with Crippen LogP contribution in [0.4, 0.5) is 16.2 Å². The van der Waals surface area contributed by atoms with E-state index in [1.165, 1.54) is 0 Å². The van der Waals surface area contributed by atoms with E-state index >= 15 is 0 Å². The Balaban J connectivity index is 1.85. The SMILES string of the molecule is C[C@H]1CN(C(=O)Nc2cccc(Cl)c2)c2ccccc2S1. The third-order valence-electron chi connectivity index (χ3n) is 3.24. The molecule has 108 valence electrons. The zero-order valence-corrected chi connectivity index (χ0v) is 13.1. The first-order valence-corrected chi connectivity index (χ1v) is 7.99. The summed E-state index contributed by atoms with van der Waals surface area (Å²) in [6.45, 7) is 2.81. The number of hydrogen-bond acceptors (Lipinski definition) is 2. The summed E-state index contributed by atoms with van der Waals surface area (Å²) < 4.78 is 0. The van der Waals surface area contributed by atoms with Crippen LogP contribution in [-0.4, -0.2) is 17.8 Å². The molecule has 5 heteroatoms. The quantitative estimate of drug-likeness (QED) is 0.813. The van der Waals surface area contributed by atoms with Gasteiger partial charge < -0.3 is 5.32 Å². The molecule has 0 radical (unpaired) electrons. The van der Waals surface area contributed by atoms with Crippen molar-refractivity contribution in [3.63, 3.8) is 0 Å². The van der Waals surface area contributed by atoms with Crippen molar-refractivity contribution >= 4 is 40.8 Å². The molecule has 2 aromatic rings. The Kier molecular flexibility index (Phi) is 4.08. The highest BCUT2D eigenvalue weighted by molar-refractivity contribution is 8.00. The molecule has 0 bridgehead atoms. The number of carbonyl (C=O) groups excluding carboxylic acids is 1. The molecule has 0 saturated heterocycles. The number of hydrogen-bond donors (Lipinski definition) is 1. The van der Waals surface area contributed by atoms with Crippen molar-refractivity contribution < 1.29 is 4.79 Å². The molecule has 2 amide bonds. The minimum atomic E-state index is -0.128. The zero-order valence-electron chi connectivity index (χ0n) is 11.5. The molecule has 0 spiro atoms. The van der Waals surface area contributed by atoms with Crippen LogP contribution in [0.3, 0.4) is 0 Å². The standard InChI is InChI=1S/C16H15ClN2OS/c1-11-10-19(14-7-2-3-8-15(14)21-11)16(20)18-13-6-4-5-12(17)9-13/h2-9,11H,10H2,1H3,(H,18,20)/t11-/m0/s1. The summed E-state index contributed by atoms with van der Waals surface area (Å²) in [5.41, 5.74) is 1.66. The van der Waals surface area contributed by atoms with Crippen molar-refractivity contribution in [3.8, 4) is 0 Å². The van der Waals surface area contributed by atoms with Crippen LogP contribution < -0.4 is 10.2 Å². The van der Waals surface area contributed by atoms with E-state index in [2.05, 4.69) is 18.3 Å². The van der Waals surface area contributed by atoms with Crippen LogP contribution in [-0.2, 0) is 0 Å². The number of nitrogens with one attached hydrogen (secondary N) is 1. The molecular formula is C16H15ClN2OS. The molecule has 21 heavy (non-hydrogen) atoms. The summed E-state index contributed by atoms with van der Waals surface area (Å²) in [6.07, 6.45) is 0. The second kappa shape index (κ2) is 6.00. The summed E-state index contributed by atoms with van der Waals surface area (Å²) in [5, 5.41) is 3.88. The summed E-state index contributed by atoms with van der Waals surface area (Å²) in [6, 6.07) is 15.0. The fourth-order valence-electron chi connectivity index (χ4n) is 2.34. The third-order valence-corrected chi connectivity index (χ3v) is 4.63. The lowest BCUT2D eigenvalue weighted by atomic mass is 10.2. The molecule has 1 heterocycles. The van der Waals surface area contributed by atoms with Crippen molar-refractivity contribution in [2.75, 3.05) is 16.8 Å². The summed E-state index contributed by atoms with van der Waals surface area (Å²) >= 11 is 7.75. The monoisotopic (exact) mass is 318 g/mol. The van der Waals surface area contributed by atoms with Gasteiger partial charge in [-0.3, -0.25) is 4.90 Å². The highest BCUT2D eigenvalue weighted by atomic mass is 35.5. The Bertz CT molecular complexity index is 677. The maximum Gasteiger partial charge on any atom is 0.326 e. The largest absolute Gasteiger partial charge is 0.326 e. The molecule has 0 aromatic heterocycles. The fraction of sp³-hybridized carbons (Fsp3) is 0.188. The Hall–Kier alpha value is -1.65. The number of fused-ring (bicyclic) bond motifs is 1. The van der Waals surface area contributed by atoms with Gasteiger partial charge >= 0.3 is 6.03 Å². The number of benzene rings is 2. The minimum Gasteiger partial charge on any atom is -0.307 e. The molecule has 0 fully saturated rings. The number of amides is 2. The summed E-state index contributed by atoms with van der Waals surface area (Å²) in [5.74, 6) is 0. The van der Waals surface area contributed by atoms with Crippen molar-refractivity contribution in [2.45, 2.75) is 17.1 Å². The van der Waals surface area contributed by atoms with E-state index in [-0.39, 0.29) is 6.03 Å². The van der Waals surface area contributed by atoms with Crippen molar-refractivity contribution in [3.05, 3.63) is 53.6 Å². The Morgan fingerprint density at radius 1 is 1.29 bits per heavy atom. The summed E-state index contributed by atoms with van der Waals surface area (Å²) in [4.78, 5) is 15.5. The number of thioether (sulfide) groups is 1. The fourth-order valence-corrected chi connectivity index (χ4v) is 3.64. The number of carbonyl (C=O) groups is 1. The minimum absolute atomic E-state index is 0.128. The number of anilines is 2. The second-order valence-electron chi connectivity index (χ2n) is 4.95. The van der Waals surface area contributed by atoms with Gasteiger partial charge in [0.25, 0.3) is 0 Å². The van der Waals surface area contributed by atoms with Crippen LogP contribution in [0, 0.1) is 0 Å². The number of rotatable bonds is 1. The van der Waals surface area contributed by atoms with Crippen LogP contribution in [0.5, 0.6) is 0 Å². The van der Waals surface area contributed by atoms with Gasteiger partial charge in [0.2, 0.25) is 0 Å². The molecular weight excluding hydrogens is 304 g/mol. The van der Waals surface area contributed by atoms with Gasteiger partial charge in [0.15, 0.2) is 0 Å². The van der Waals surface area contributed by atoms with Gasteiger partial charge in [0, 0.05) is 27.4 Å². The van der Waals surface area contributed by atoms with Crippen molar-refractivity contribution in [1.29, 1.82) is 0 Å². The van der Waals surface area contributed by atoms with Crippen LogP contribution in [0.15, 0.2) is 53.4 Å². The average molecular weight is 319 g/mol. The first-order valence-electron chi connectivity index (χ1n) is 6.73. The van der Waals surface area contributed by atoms with Crippen LogP contribution in [0.1, 0.15) is 6.92 Å². The predicted molar refractivity (Wildman–Crippen MR) is 89.6 cm³/mol. The molecule has 3 rings (SSSR count). The molecule has 1 N–H and O–H groups in total. The average Bonchev–Trinajstić information content (AvgIpc) is 2.46. The molecule has 0 saturated carbocycles. The van der Waals surface area contributed by atoms with Gasteiger partial charge in [0.1, 0.15) is 0 Å². The van der Waals surface area contributed by atoms with E-state index in [1.54, 1.807) is 28.8 Å². The normalized spacial score (nSPS) is 17.2. The van der Waals surface area contributed by atoms with Gasteiger partial charge in [-0.2, -0.15) is 0 Å². The van der Waals surface area contributed by atoms with Gasteiger partial charge in [-0.25, -0.2) is 4.79 Å². The molecule has 2 aromatic carbocycles. The number of halogens is 1. The lowest BCUT2D eigenvalue weighted by Crippen LogP contribution is -2.41. The highest BCUT2D eigenvalue weighted by Gasteiger charge is 2.26. The van der Waals surface area contributed by atoms with E-state index < -0.39 is 0 Å². The maximum atomic E-state index is 12.5. The Morgan fingerprint density at radius 3 is 2.90 bits per heavy atom. The number of urea groups is 1. The lowest BCUT2D eigenvalue weighted by Gasteiger charge is -2.32. The van der Waals surface area contributed by atoms with E-state index in [0.29, 0.717) is 22.5 Å². The highest BCUT2D eigenvalue weighted by Crippen LogP contribution is 2.38. The first kappa shape index (κ1) is 14.3. The first-order chi connectivity index (χ1) is 10.1. The Labute approximate surface area is 133 Å². The lowest BCUT2D eigenvalue weighted by molar-refractivity contribution is 0.256. The molecule has 0 unspecified atom stereocenters. The van der Waals surface area contributed by atoms with Gasteiger partial charge in [-0.05, 0) is 30.3 Å². The smallest absolute Gasteiger partial charge is 0.307 e. The molecule has 3 nitrogen and oxygen atoms in total. The van der Waals surface area contributed by atoms with Gasteiger partial charge in [0.05, 0.1) is 5.69 Å². The number of nitrogens with zero attached hydrogens (tertiary/aromatic N) is 1. The van der Waals surface area contributed by atoms with Crippen molar-refractivity contribution in [2.24, 2.45) is 0 Å². The number of para-hydroxylation sites is 1. The van der Waals surface area contributed by atoms with E-state index in [9.17, 15) is 4.79 Å². The summed E-state index contributed by atoms with van der Waals surface area (Å²) in [7, 11) is 0. The zero-order chi connectivity index (χ0) is 14.8. The molecule has 1 aliphatic rings. The van der Waals surface area contributed by atoms with Gasteiger partial charge in [-0.15, -0.1) is 11.8 Å². The van der Waals surface area contributed by atoms with Gasteiger partial charge in [-0.1, -0.05) is 36.7 Å². The topological polar surface area (TPSA) is 32.3 Å². The van der Waals surface area contributed by atoms with Crippen molar-refractivity contribution in [1.82, 2.24) is 0 Å². The van der Waals surface area contributed by atoms with E-state index in [1.807, 2.05) is 30.3 Å². The molecule has 0 aliphatic carbocycles.